The zero-order valence-electron chi connectivity index (χ0n) is 14.5. The number of rotatable bonds is 3. The topological polar surface area (TPSA) is 89.5 Å². The molecule has 1 atom stereocenters. The molecular weight excluding hydrogens is 329 g/mol. The number of aryl methyl sites for hydroxylation is 1. The van der Waals surface area contributed by atoms with Gasteiger partial charge >= 0.3 is 7.12 Å². The Hall–Kier alpha value is -2.64. The Morgan fingerprint density at radius 1 is 1.23 bits per heavy atom. The SMILES string of the molecule is Cc1ccc2nc(C3CCCN3C(=O)c3ccc(B(O)O)cc3)[nH]c2c1. The predicted octanol–water partition coefficient (Wildman–Crippen LogP) is 1.53. The Kier molecular flexibility index (Phi) is 4.26. The summed E-state index contributed by atoms with van der Waals surface area (Å²) in [4.78, 5) is 22.8. The number of hydrogen-bond acceptors (Lipinski definition) is 4. The van der Waals surface area contributed by atoms with Crippen LogP contribution in [0.25, 0.3) is 11.0 Å². The molecular formula is C19H20BN3O3. The fraction of sp³-hybridized carbons (Fsp3) is 0.263. The molecule has 1 aliphatic rings. The minimum absolute atomic E-state index is 0.0666. The lowest BCUT2D eigenvalue weighted by Crippen LogP contribution is -2.32. The van der Waals surface area contributed by atoms with Gasteiger partial charge in [0.05, 0.1) is 17.1 Å². The summed E-state index contributed by atoms with van der Waals surface area (Å²) in [5, 5.41) is 18.4. The maximum Gasteiger partial charge on any atom is 0.488 e. The van der Waals surface area contributed by atoms with Crippen LogP contribution in [-0.4, -0.2) is 44.5 Å². The van der Waals surface area contributed by atoms with Crippen molar-refractivity contribution in [1.82, 2.24) is 14.9 Å². The number of aromatic amines is 1. The van der Waals surface area contributed by atoms with Crippen LogP contribution in [0.2, 0.25) is 0 Å². The van der Waals surface area contributed by atoms with Crippen molar-refractivity contribution >= 4 is 29.5 Å². The van der Waals surface area contributed by atoms with Crippen molar-refractivity contribution in [2.24, 2.45) is 0 Å². The second-order valence-corrected chi connectivity index (χ2v) is 6.79. The highest BCUT2D eigenvalue weighted by molar-refractivity contribution is 6.58. The van der Waals surface area contributed by atoms with E-state index >= 15 is 0 Å². The Morgan fingerprint density at radius 3 is 2.73 bits per heavy atom. The van der Waals surface area contributed by atoms with Crippen molar-refractivity contribution in [2.75, 3.05) is 6.54 Å². The van der Waals surface area contributed by atoms with E-state index in [0.717, 1.165) is 29.7 Å². The number of imidazole rings is 1. The number of carbonyl (C=O) groups excluding carboxylic acids is 1. The van der Waals surface area contributed by atoms with Crippen LogP contribution in [0.4, 0.5) is 0 Å². The maximum atomic E-state index is 12.9. The summed E-state index contributed by atoms with van der Waals surface area (Å²) >= 11 is 0. The molecule has 6 nitrogen and oxygen atoms in total. The summed E-state index contributed by atoms with van der Waals surface area (Å²) in [5.41, 5.74) is 3.96. The molecule has 1 fully saturated rings. The second-order valence-electron chi connectivity index (χ2n) is 6.79. The Labute approximate surface area is 151 Å². The number of nitrogens with zero attached hydrogens (tertiary/aromatic N) is 2. The van der Waals surface area contributed by atoms with E-state index in [9.17, 15) is 14.8 Å². The molecule has 7 heteroatoms. The van der Waals surface area contributed by atoms with Gasteiger partial charge in [0.2, 0.25) is 0 Å². The first-order chi connectivity index (χ1) is 12.5. The van der Waals surface area contributed by atoms with Gasteiger partial charge in [-0.3, -0.25) is 4.79 Å². The summed E-state index contributed by atoms with van der Waals surface area (Å²) in [6.45, 7) is 2.72. The summed E-state index contributed by atoms with van der Waals surface area (Å²) in [6, 6.07) is 12.4. The minimum atomic E-state index is -1.53. The quantitative estimate of drug-likeness (QED) is 0.626. The van der Waals surface area contributed by atoms with Crippen LogP contribution in [-0.2, 0) is 0 Å². The molecule has 0 aliphatic carbocycles. The minimum Gasteiger partial charge on any atom is -0.423 e. The van der Waals surface area contributed by atoms with Gasteiger partial charge in [-0.25, -0.2) is 4.98 Å². The summed E-state index contributed by atoms with van der Waals surface area (Å²) in [5.74, 6) is 0.752. The highest BCUT2D eigenvalue weighted by atomic mass is 16.4. The number of carbonyl (C=O) groups is 1. The monoisotopic (exact) mass is 349 g/mol. The van der Waals surface area contributed by atoms with Gasteiger partial charge in [-0.05, 0) is 55.1 Å². The number of amides is 1. The molecule has 2 heterocycles. The van der Waals surface area contributed by atoms with E-state index < -0.39 is 7.12 Å². The van der Waals surface area contributed by atoms with E-state index in [2.05, 4.69) is 16.0 Å². The largest absolute Gasteiger partial charge is 0.488 e. The number of hydrogen-bond donors (Lipinski definition) is 3. The number of nitrogens with one attached hydrogen (secondary N) is 1. The van der Waals surface area contributed by atoms with Crippen LogP contribution in [0.1, 0.15) is 40.6 Å². The lowest BCUT2D eigenvalue weighted by atomic mass is 9.80. The number of likely N-dealkylation sites (tertiary alicyclic amines) is 1. The van der Waals surface area contributed by atoms with E-state index in [1.165, 1.54) is 5.56 Å². The fourth-order valence-electron chi connectivity index (χ4n) is 3.56. The first-order valence-corrected chi connectivity index (χ1v) is 8.76. The smallest absolute Gasteiger partial charge is 0.423 e. The zero-order chi connectivity index (χ0) is 18.3. The third-order valence-electron chi connectivity index (χ3n) is 4.94. The first kappa shape index (κ1) is 16.8. The number of H-pyrrole nitrogens is 1. The number of aromatic nitrogens is 2. The molecule has 0 saturated carbocycles. The van der Waals surface area contributed by atoms with Gasteiger partial charge in [0.1, 0.15) is 5.82 Å². The van der Waals surface area contributed by atoms with Crippen LogP contribution in [0, 0.1) is 6.92 Å². The van der Waals surface area contributed by atoms with Crippen molar-refractivity contribution in [3.63, 3.8) is 0 Å². The summed E-state index contributed by atoms with van der Waals surface area (Å²) in [7, 11) is -1.53. The van der Waals surface area contributed by atoms with Crippen molar-refractivity contribution in [3.05, 3.63) is 59.4 Å². The standard InChI is InChI=1S/C19H20BN3O3/c1-12-4-9-15-16(11-12)22-18(21-15)17-3-2-10-23(17)19(24)13-5-7-14(8-6-13)20(25)26/h4-9,11,17,25-26H,2-3,10H2,1H3,(H,21,22). The van der Waals surface area contributed by atoms with Gasteiger partial charge in [-0.15, -0.1) is 0 Å². The summed E-state index contributed by atoms with van der Waals surface area (Å²) < 4.78 is 0. The van der Waals surface area contributed by atoms with Gasteiger partial charge in [0.25, 0.3) is 5.91 Å². The van der Waals surface area contributed by atoms with Gasteiger partial charge < -0.3 is 19.9 Å². The average Bonchev–Trinajstić information content (AvgIpc) is 3.27. The van der Waals surface area contributed by atoms with Crippen LogP contribution in [0.15, 0.2) is 42.5 Å². The van der Waals surface area contributed by atoms with E-state index in [0.29, 0.717) is 17.6 Å². The van der Waals surface area contributed by atoms with Crippen molar-refractivity contribution in [2.45, 2.75) is 25.8 Å². The molecule has 1 aliphatic heterocycles. The number of fused-ring (bicyclic) bond motifs is 1. The lowest BCUT2D eigenvalue weighted by Gasteiger charge is -2.23. The molecule has 26 heavy (non-hydrogen) atoms. The molecule has 0 spiro atoms. The van der Waals surface area contributed by atoms with Crippen molar-refractivity contribution < 1.29 is 14.8 Å². The van der Waals surface area contributed by atoms with Crippen molar-refractivity contribution in [3.8, 4) is 0 Å². The molecule has 3 aromatic rings. The zero-order valence-corrected chi connectivity index (χ0v) is 14.5. The van der Waals surface area contributed by atoms with Crippen LogP contribution < -0.4 is 5.46 Å². The van der Waals surface area contributed by atoms with Crippen molar-refractivity contribution in [1.29, 1.82) is 0 Å². The third kappa shape index (κ3) is 3.00. The van der Waals surface area contributed by atoms with Gasteiger partial charge in [0, 0.05) is 12.1 Å². The highest BCUT2D eigenvalue weighted by Crippen LogP contribution is 2.32. The first-order valence-electron chi connectivity index (χ1n) is 8.76. The molecule has 0 radical (unpaired) electrons. The molecule has 1 unspecified atom stereocenters. The van der Waals surface area contributed by atoms with Crippen LogP contribution in [0.3, 0.4) is 0 Å². The molecule has 0 bridgehead atoms. The van der Waals surface area contributed by atoms with Gasteiger partial charge in [-0.2, -0.15) is 0 Å². The predicted molar refractivity (Wildman–Crippen MR) is 100 cm³/mol. The molecule has 1 amide bonds. The second kappa shape index (κ2) is 6.59. The average molecular weight is 349 g/mol. The Bertz CT molecular complexity index is 952. The molecule has 1 aromatic heterocycles. The molecule has 1 saturated heterocycles. The normalized spacial score (nSPS) is 17.0. The van der Waals surface area contributed by atoms with E-state index in [4.69, 9.17) is 0 Å². The molecule has 132 valence electrons. The number of benzene rings is 2. The Morgan fingerprint density at radius 2 is 2.00 bits per heavy atom. The summed E-state index contributed by atoms with van der Waals surface area (Å²) in [6.07, 6.45) is 1.80. The maximum absolute atomic E-state index is 12.9. The Balaban J connectivity index is 1.61. The van der Waals surface area contributed by atoms with Crippen LogP contribution in [0.5, 0.6) is 0 Å². The van der Waals surface area contributed by atoms with Crippen LogP contribution >= 0.6 is 0 Å². The lowest BCUT2D eigenvalue weighted by molar-refractivity contribution is 0.0730. The van der Waals surface area contributed by atoms with E-state index in [1.54, 1.807) is 24.3 Å². The van der Waals surface area contributed by atoms with E-state index in [1.807, 2.05) is 24.0 Å². The van der Waals surface area contributed by atoms with Gasteiger partial charge in [0.15, 0.2) is 0 Å². The highest BCUT2D eigenvalue weighted by Gasteiger charge is 2.32. The van der Waals surface area contributed by atoms with Gasteiger partial charge in [-0.1, -0.05) is 18.2 Å². The fourth-order valence-corrected chi connectivity index (χ4v) is 3.56. The third-order valence-corrected chi connectivity index (χ3v) is 4.94. The molecule has 3 N–H and O–H groups in total. The molecule has 2 aromatic carbocycles. The van der Waals surface area contributed by atoms with E-state index in [-0.39, 0.29) is 11.9 Å². The molecule has 4 rings (SSSR count).